The predicted octanol–water partition coefficient (Wildman–Crippen LogP) is 3.77. The van der Waals surface area contributed by atoms with E-state index in [1.165, 1.54) is 18.2 Å². The number of hydrogen-bond acceptors (Lipinski definition) is 2. The zero-order valence-electron chi connectivity index (χ0n) is 10.4. The summed E-state index contributed by atoms with van der Waals surface area (Å²) in [6.07, 6.45) is -2.38. The number of carboxylic acid groups (broad SMARTS) is 1. The first-order chi connectivity index (χ1) is 9.29. The van der Waals surface area contributed by atoms with E-state index in [4.69, 9.17) is 5.11 Å². The molecular weight excluding hydrogens is 271 g/mol. The fraction of sp³-hybridized carbons (Fsp3) is 0.143. The summed E-state index contributed by atoms with van der Waals surface area (Å²) in [7, 11) is 0. The van der Waals surface area contributed by atoms with Crippen LogP contribution in [-0.4, -0.2) is 16.1 Å². The van der Waals surface area contributed by atoms with Gasteiger partial charge in [0.25, 0.3) is 0 Å². The molecule has 1 aromatic heterocycles. The van der Waals surface area contributed by atoms with Gasteiger partial charge in [-0.25, -0.2) is 4.79 Å². The van der Waals surface area contributed by atoms with Crippen molar-refractivity contribution in [2.24, 2.45) is 0 Å². The number of halogens is 3. The Kier molecular flexibility index (Phi) is 3.48. The average Bonchev–Trinajstić information content (AvgIpc) is 2.37. The van der Waals surface area contributed by atoms with Gasteiger partial charge in [0.15, 0.2) is 0 Å². The smallest absolute Gasteiger partial charge is 0.417 e. The molecule has 0 bridgehead atoms. The van der Waals surface area contributed by atoms with Crippen LogP contribution in [0.4, 0.5) is 13.2 Å². The van der Waals surface area contributed by atoms with E-state index >= 15 is 0 Å². The minimum Gasteiger partial charge on any atom is -0.478 e. The van der Waals surface area contributed by atoms with Crippen LogP contribution in [0.15, 0.2) is 36.7 Å². The van der Waals surface area contributed by atoms with Crippen molar-refractivity contribution in [3.05, 3.63) is 53.3 Å². The predicted molar refractivity (Wildman–Crippen MR) is 66.4 cm³/mol. The van der Waals surface area contributed by atoms with E-state index < -0.39 is 17.7 Å². The molecule has 0 aliphatic rings. The Labute approximate surface area is 112 Å². The standard InChI is InChI=1S/C14H10F3NO2/c1-8-4-9(6-10(5-8)13(19)20)11-7-18-3-2-12(11)14(15,16)17/h2-7H,1H3,(H,19,20). The van der Waals surface area contributed by atoms with E-state index in [2.05, 4.69) is 4.98 Å². The SMILES string of the molecule is Cc1cc(C(=O)O)cc(-c2cnccc2C(F)(F)F)c1. The zero-order chi connectivity index (χ0) is 14.9. The van der Waals surface area contributed by atoms with Gasteiger partial charge in [-0.15, -0.1) is 0 Å². The van der Waals surface area contributed by atoms with Crippen LogP contribution in [0.2, 0.25) is 0 Å². The quantitative estimate of drug-likeness (QED) is 0.911. The van der Waals surface area contributed by atoms with Gasteiger partial charge in [-0.3, -0.25) is 4.98 Å². The molecule has 0 radical (unpaired) electrons. The molecule has 0 spiro atoms. The second-order valence-electron chi connectivity index (χ2n) is 4.31. The molecule has 20 heavy (non-hydrogen) atoms. The summed E-state index contributed by atoms with van der Waals surface area (Å²) in [6, 6.07) is 4.98. The molecule has 2 rings (SSSR count). The number of hydrogen-bond donors (Lipinski definition) is 1. The molecule has 0 saturated heterocycles. The van der Waals surface area contributed by atoms with Crippen molar-refractivity contribution in [2.75, 3.05) is 0 Å². The highest BCUT2D eigenvalue weighted by Crippen LogP contribution is 2.36. The number of nitrogens with zero attached hydrogens (tertiary/aromatic N) is 1. The van der Waals surface area contributed by atoms with Gasteiger partial charge < -0.3 is 5.11 Å². The summed E-state index contributed by atoms with van der Waals surface area (Å²) in [6.45, 7) is 1.62. The van der Waals surface area contributed by atoms with Crippen LogP contribution in [-0.2, 0) is 6.18 Å². The number of carbonyl (C=O) groups is 1. The molecule has 0 aliphatic heterocycles. The number of pyridine rings is 1. The van der Waals surface area contributed by atoms with Crippen molar-refractivity contribution in [3.63, 3.8) is 0 Å². The fourth-order valence-corrected chi connectivity index (χ4v) is 1.93. The van der Waals surface area contributed by atoms with E-state index in [0.717, 1.165) is 18.5 Å². The third kappa shape index (κ3) is 2.79. The largest absolute Gasteiger partial charge is 0.478 e. The average molecular weight is 281 g/mol. The molecule has 0 unspecified atom stereocenters. The van der Waals surface area contributed by atoms with Gasteiger partial charge in [-0.2, -0.15) is 13.2 Å². The van der Waals surface area contributed by atoms with Crippen LogP contribution < -0.4 is 0 Å². The lowest BCUT2D eigenvalue weighted by molar-refractivity contribution is -0.137. The first-order valence-electron chi connectivity index (χ1n) is 5.65. The van der Waals surface area contributed by atoms with Crippen LogP contribution in [0.25, 0.3) is 11.1 Å². The lowest BCUT2D eigenvalue weighted by atomic mass is 9.97. The van der Waals surface area contributed by atoms with E-state index in [1.807, 2.05) is 0 Å². The van der Waals surface area contributed by atoms with Crippen LogP contribution in [0, 0.1) is 6.92 Å². The Morgan fingerprint density at radius 1 is 1.25 bits per heavy atom. The Balaban J connectivity index is 2.66. The van der Waals surface area contributed by atoms with Crippen molar-refractivity contribution in [1.82, 2.24) is 4.98 Å². The van der Waals surface area contributed by atoms with Crippen molar-refractivity contribution in [2.45, 2.75) is 13.1 Å². The van der Waals surface area contributed by atoms with Gasteiger partial charge in [-0.05, 0) is 36.2 Å². The van der Waals surface area contributed by atoms with E-state index in [9.17, 15) is 18.0 Å². The molecular formula is C14H10F3NO2. The summed E-state index contributed by atoms with van der Waals surface area (Å²) < 4.78 is 38.8. The zero-order valence-corrected chi connectivity index (χ0v) is 10.4. The van der Waals surface area contributed by atoms with E-state index in [0.29, 0.717) is 5.56 Å². The summed E-state index contributed by atoms with van der Waals surface area (Å²) in [5, 5.41) is 8.97. The number of carboxylic acids is 1. The number of aromatic carboxylic acids is 1. The number of alkyl halides is 3. The van der Waals surface area contributed by atoms with Crippen LogP contribution >= 0.6 is 0 Å². The Morgan fingerprint density at radius 3 is 2.55 bits per heavy atom. The lowest BCUT2D eigenvalue weighted by Gasteiger charge is -2.13. The third-order valence-electron chi connectivity index (χ3n) is 2.76. The summed E-state index contributed by atoms with van der Waals surface area (Å²) in [5.41, 5.74) is -0.280. The summed E-state index contributed by atoms with van der Waals surface area (Å²) in [4.78, 5) is 14.7. The Morgan fingerprint density at radius 2 is 1.95 bits per heavy atom. The second-order valence-corrected chi connectivity index (χ2v) is 4.31. The molecule has 1 heterocycles. The number of benzene rings is 1. The van der Waals surface area contributed by atoms with Crippen LogP contribution in [0.5, 0.6) is 0 Å². The Bertz CT molecular complexity index is 666. The molecule has 0 saturated carbocycles. The van der Waals surface area contributed by atoms with Crippen molar-refractivity contribution < 1.29 is 23.1 Å². The van der Waals surface area contributed by atoms with Gasteiger partial charge in [0.1, 0.15) is 0 Å². The molecule has 0 atom stereocenters. The first kappa shape index (κ1) is 14.0. The lowest BCUT2D eigenvalue weighted by Crippen LogP contribution is -2.08. The molecule has 2 aromatic rings. The summed E-state index contributed by atoms with van der Waals surface area (Å²) >= 11 is 0. The van der Waals surface area contributed by atoms with Crippen molar-refractivity contribution in [3.8, 4) is 11.1 Å². The maximum absolute atomic E-state index is 12.9. The molecule has 1 N–H and O–H groups in total. The van der Waals surface area contributed by atoms with E-state index in [1.54, 1.807) is 6.92 Å². The first-order valence-corrected chi connectivity index (χ1v) is 5.65. The second kappa shape index (κ2) is 4.96. The molecule has 0 aliphatic carbocycles. The number of aromatic nitrogens is 1. The third-order valence-corrected chi connectivity index (χ3v) is 2.76. The maximum atomic E-state index is 12.9. The van der Waals surface area contributed by atoms with Crippen molar-refractivity contribution >= 4 is 5.97 Å². The fourth-order valence-electron chi connectivity index (χ4n) is 1.93. The molecule has 6 heteroatoms. The highest BCUT2D eigenvalue weighted by Gasteiger charge is 2.33. The van der Waals surface area contributed by atoms with Crippen LogP contribution in [0.1, 0.15) is 21.5 Å². The van der Waals surface area contributed by atoms with Gasteiger partial charge in [0.05, 0.1) is 11.1 Å². The topological polar surface area (TPSA) is 50.2 Å². The van der Waals surface area contributed by atoms with Gasteiger partial charge in [-0.1, -0.05) is 6.07 Å². The monoisotopic (exact) mass is 281 g/mol. The summed E-state index contributed by atoms with van der Waals surface area (Å²) in [5.74, 6) is -1.19. The molecule has 3 nitrogen and oxygen atoms in total. The molecule has 0 fully saturated rings. The Hall–Kier alpha value is -2.37. The van der Waals surface area contributed by atoms with Gasteiger partial charge in [0.2, 0.25) is 0 Å². The number of rotatable bonds is 2. The highest BCUT2D eigenvalue weighted by atomic mass is 19.4. The highest BCUT2D eigenvalue weighted by molar-refractivity contribution is 5.90. The normalized spacial score (nSPS) is 11.4. The van der Waals surface area contributed by atoms with Crippen molar-refractivity contribution in [1.29, 1.82) is 0 Å². The number of aryl methyl sites for hydroxylation is 1. The molecule has 104 valence electrons. The molecule has 1 aromatic carbocycles. The van der Waals surface area contributed by atoms with Crippen LogP contribution in [0.3, 0.4) is 0 Å². The minimum atomic E-state index is -4.52. The maximum Gasteiger partial charge on any atom is 0.417 e. The minimum absolute atomic E-state index is 0.0584. The van der Waals surface area contributed by atoms with Gasteiger partial charge in [0, 0.05) is 18.0 Å². The van der Waals surface area contributed by atoms with E-state index in [-0.39, 0.29) is 16.7 Å². The molecule has 0 amide bonds. The van der Waals surface area contributed by atoms with Gasteiger partial charge >= 0.3 is 12.1 Å².